The van der Waals surface area contributed by atoms with Crippen molar-refractivity contribution >= 4 is 34.1 Å². The van der Waals surface area contributed by atoms with E-state index in [2.05, 4.69) is 15.3 Å². The van der Waals surface area contributed by atoms with Crippen molar-refractivity contribution in [2.24, 2.45) is 5.73 Å². The largest absolute Gasteiger partial charge is 0.376 e. The number of nitrogens with one attached hydrogen (secondary N) is 1. The second-order valence-electron chi connectivity index (χ2n) is 3.13. The highest BCUT2D eigenvalue weighted by Gasteiger charge is 2.04. The van der Waals surface area contributed by atoms with Crippen LogP contribution >= 0.6 is 12.2 Å². The van der Waals surface area contributed by atoms with Crippen LogP contribution in [-0.2, 0) is 0 Å². The Morgan fingerprint density at radius 2 is 2.07 bits per heavy atom. The van der Waals surface area contributed by atoms with Crippen molar-refractivity contribution in [3.63, 3.8) is 0 Å². The Morgan fingerprint density at radius 3 is 2.80 bits per heavy atom. The van der Waals surface area contributed by atoms with Gasteiger partial charge in [-0.15, -0.1) is 0 Å². The van der Waals surface area contributed by atoms with Crippen LogP contribution in [0.5, 0.6) is 0 Å². The Morgan fingerprint density at radius 1 is 1.33 bits per heavy atom. The standard InChI is InChI=1S/C10H10N4S/c1-6-12-8-5-3-2-4-7(8)9(13-6)14-10(11)15/h2-5H,1H3,(H3,11,12,13,14,15). The number of nitrogens with zero attached hydrogens (tertiary/aromatic N) is 2. The number of hydrogen-bond acceptors (Lipinski definition) is 3. The van der Waals surface area contributed by atoms with Gasteiger partial charge in [-0.3, -0.25) is 0 Å². The maximum Gasteiger partial charge on any atom is 0.169 e. The molecule has 0 aliphatic carbocycles. The first-order valence-electron chi connectivity index (χ1n) is 4.46. The predicted molar refractivity (Wildman–Crippen MR) is 64.7 cm³/mol. The van der Waals surface area contributed by atoms with Crippen LogP contribution in [0.4, 0.5) is 5.82 Å². The minimum Gasteiger partial charge on any atom is -0.376 e. The second-order valence-corrected chi connectivity index (χ2v) is 3.57. The van der Waals surface area contributed by atoms with Gasteiger partial charge < -0.3 is 11.1 Å². The van der Waals surface area contributed by atoms with Crippen molar-refractivity contribution in [3.8, 4) is 0 Å². The summed E-state index contributed by atoms with van der Waals surface area (Å²) in [6.07, 6.45) is 0. The van der Waals surface area contributed by atoms with Crippen LogP contribution in [0.3, 0.4) is 0 Å². The molecule has 0 radical (unpaired) electrons. The van der Waals surface area contributed by atoms with Gasteiger partial charge in [-0.25, -0.2) is 9.97 Å². The molecular formula is C10H10N4S. The number of nitrogens with two attached hydrogens (primary N) is 1. The summed E-state index contributed by atoms with van der Waals surface area (Å²) in [4.78, 5) is 8.56. The molecule has 3 N–H and O–H groups in total. The minimum absolute atomic E-state index is 0.207. The summed E-state index contributed by atoms with van der Waals surface area (Å²) in [5, 5.41) is 3.97. The number of thiocarbonyl (C=S) groups is 1. The molecule has 0 fully saturated rings. The number of fused-ring (bicyclic) bond motifs is 1. The summed E-state index contributed by atoms with van der Waals surface area (Å²) in [5.74, 6) is 1.35. The molecule has 0 unspecified atom stereocenters. The molecule has 1 aromatic heterocycles. The smallest absolute Gasteiger partial charge is 0.169 e. The molecule has 1 aromatic carbocycles. The number of para-hydroxylation sites is 1. The topological polar surface area (TPSA) is 63.8 Å². The van der Waals surface area contributed by atoms with E-state index in [1.807, 2.05) is 31.2 Å². The van der Waals surface area contributed by atoms with E-state index < -0.39 is 0 Å². The third-order valence-electron chi connectivity index (χ3n) is 1.96. The third kappa shape index (κ3) is 2.02. The fourth-order valence-electron chi connectivity index (χ4n) is 1.40. The number of aryl methyl sites for hydroxylation is 1. The Labute approximate surface area is 92.5 Å². The van der Waals surface area contributed by atoms with Crippen molar-refractivity contribution in [2.75, 3.05) is 5.32 Å². The lowest BCUT2D eigenvalue weighted by Gasteiger charge is -2.07. The van der Waals surface area contributed by atoms with Crippen LogP contribution in [-0.4, -0.2) is 15.1 Å². The van der Waals surface area contributed by atoms with Crippen molar-refractivity contribution in [3.05, 3.63) is 30.1 Å². The molecule has 4 nitrogen and oxygen atoms in total. The number of rotatable bonds is 1. The van der Waals surface area contributed by atoms with Crippen LogP contribution in [0.2, 0.25) is 0 Å². The van der Waals surface area contributed by atoms with E-state index in [1.165, 1.54) is 0 Å². The summed E-state index contributed by atoms with van der Waals surface area (Å²) in [6.45, 7) is 1.83. The SMILES string of the molecule is Cc1nc(NC(N)=S)c2ccccc2n1. The first kappa shape index (κ1) is 9.79. The second kappa shape index (κ2) is 3.78. The highest BCUT2D eigenvalue weighted by atomic mass is 32.1. The van der Waals surface area contributed by atoms with Crippen LogP contribution in [0.25, 0.3) is 10.9 Å². The highest BCUT2D eigenvalue weighted by Crippen LogP contribution is 2.19. The zero-order valence-electron chi connectivity index (χ0n) is 8.19. The number of benzene rings is 1. The molecule has 0 spiro atoms. The Hall–Kier alpha value is -1.75. The van der Waals surface area contributed by atoms with Gasteiger partial charge in [-0.05, 0) is 31.3 Å². The van der Waals surface area contributed by atoms with Crippen molar-refractivity contribution < 1.29 is 0 Å². The van der Waals surface area contributed by atoms with Crippen molar-refractivity contribution in [2.45, 2.75) is 6.92 Å². The van der Waals surface area contributed by atoms with E-state index in [0.717, 1.165) is 10.9 Å². The van der Waals surface area contributed by atoms with Gasteiger partial charge in [-0.2, -0.15) is 0 Å². The van der Waals surface area contributed by atoms with Crippen molar-refractivity contribution in [1.29, 1.82) is 0 Å². The van der Waals surface area contributed by atoms with Crippen LogP contribution in [0, 0.1) is 6.92 Å². The normalized spacial score (nSPS) is 10.2. The molecule has 0 amide bonds. The molecule has 76 valence electrons. The molecule has 1 heterocycles. The van der Waals surface area contributed by atoms with Gasteiger partial charge in [0.2, 0.25) is 0 Å². The van der Waals surface area contributed by atoms with E-state index in [-0.39, 0.29) is 5.11 Å². The Kier molecular flexibility index (Phi) is 2.47. The van der Waals surface area contributed by atoms with Crippen LogP contribution < -0.4 is 11.1 Å². The van der Waals surface area contributed by atoms with Gasteiger partial charge in [0.15, 0.2) is 5.11 Å². The fourth-order valence-corrected chi connectivity index (χ4v) is 1.50. The van der Waals surface area contributed by atoms with Crippen LogP contribution in [0.1, 0.15) is 5.82 Å². The van der Waals surface area contributed by atoms with E-state index in [1.54, 1.807) is 0 Å². The van der Waals surface area contributed by atoms with Gasteiger partial charge in [-0.1, -0.05) is 12.1 Å². The lowest BCUT2D eigenvalue weighted by molar-refractivity contribution is 1.10. The zero-order valence-corrected chi connectivity index (χ0v) is 9.01. The molecule has 2 rings (SSSR count). The van der Waals surface area contributed by atoms with Gasteiger partial charge in [0.1, 0.15) is 11.6 Å². The molecule has 5 heteroatoms. The minimum atomic E-state index is 0.207. The summed E-state index contributed by atoms with van der Waals surface area (Å²) in [5.41, 5.74) is 6.30. The average Bonchev–Trinajstić information content (AvgIpc) is 2.16. The monoisotopic (exact) mass is 218 g/mol. The molecule has 2 aromatic rings. The predicted octanol–water partition coefficient (Wildman–Crippen LogP) is 1.59. The first-order valence-corrected chi connectivity index (χ1v) is 4.87. The molecule has 0 bridgehead atoms. The summed E-state index contributed by atoms with van der Waals surface area (Å²) in [6, 6.07) is 7.70. The maximum atomic E-state index is 5.43. The first-order chi connectivity index (χ1) is 7.16. The van der Waals surface area contributed by atoms with E-state index in [9.17, 15) is 0 Å². The van der Waals surface area contributed by atoms with Gasteiger partial charge in [0.05, 0.1) is 5.52 Å². The summed E-state index contributed by atoms with van der Waals surface area (Å²) < 4.78 is 0. The van der Waals surface area contributed by atoms with Gasteiger partial charge in [0.25, 0.3) is 0 Å². The number of aromatic nitrogens is 2. The number of hydrogen-bond donors (Lipinski definition) is 2. The molecule has 0 atom stereocenters. The molecule has 15 heavy (non-hydrogen) atoms. The lowest BCUT2D eigenvalue weighted by Crippen LogP contribution is -2.20. The summed E-state index contributed by atoms with van der Waals surface area (Å²) in [7, 11) is 0. The Balaban J connectivity index is 2.65. The lowest BCUT2D eigenvalue weighted by atomic mass is 10.2. The molecule has 0 saturated heterocycles. The quantitative estimate of drug-likeness (QED) is 0.712. The van der Waals surface area contributed by atoms with Crippen LogP contribution in [0.15, 0.2) is 24.3 Å². The Bertz CT molecular complexity index is 524. The van der Waals surface area contributed by atoms with Gasteiger partial charge >= 0.3 is 0 Å². The molecule has 0 aliphatic rings. The average molecular weight is 218 g/mol. The van der Waals surface area contributed by atoms with E-state index in [4.69, 9.17) is 18.0 Å². The third-order valence-corrected chi connectivity index (χ3v) is 2.06. The van der Waals surface area contributed by atoms with Gasteiger partial charge in [0, 0.05) is 5.39 Å². The maximum absolute atomic E-state index is 5.43. The van der Waals surface area contributed by atoms with E-state index >= 15 is 0 Å². The highest BCUT2D eigenvalue weighted by molar-refractivity contribution is 7.80. The fraction of sp³-hybridized carbons (Fsp3) is 0.100. The van der Waals surface area contributed by atoms with E-state index in [0.29, 0.717) is 11.6 Å². The summed E-state index contributed by atoms with van der Waals surface area (Å²) >= 11 is 4.79. The molecule has 0 saturated carbocycles. The molecule has 0 aliphatic heterocycles. The van der Waals surface area contributed by atoms with Crippen molar-refractivity contribution in [1.82, 2.24) is 9.97 Å². The zero-order chi connectivity index (χ0) is 10.8. The number of anilines is 1. The molecular weight excluding hydrogens is 208 g/mol.